The summed E-state index contributed by atoms with van der Waals surface area (Å²) >= 11 is 1.24. The van der Waals surface area contributed by atoms with Crippen molar-refractivity contribution in [1.29, 1.82) is 0 Å². The van der Waals surface area contributed by atoms with Crippen LogP contribution >= 0.6 is 11.3 Å². The second kappa shape index (κ2) is 6.93. The van der Waals surface area contributed by atoms with Gasteiger partial charge in [0, 0.05) is 26.6 Å². The van der Waals surface area contributed by atoms with E-state index in [1.54, 1.807) is 0 Å². The predicted molar refractivity (Wildman–Crippen MR) is 76.2 cm³/mol. The van der Waals surface area contributed by atoms with E-state index in [-0.39, 0.29) is 24.7 Å². The van der Waals surface area contributed by atoms with Crippen LogP contribution in [0.2, 0.25) is 0 Å². The minimum atomic E-state index is -0.457. The lowest BCUT2D eigenvalue weighted by atomic mass is 10.4. The highest BCUT2D eigenvalue weighted by Gasteiger charge is 2.17. The maximum absolute atomic E-state index is 11.8. The van der Waals surface area contributed by atoms with Crippen LogP contribution in [-0.4, -0.2) is 36.9 Å². The first-order chi connectivity index (χ1) is 8.95. The van der Waals surface area contributed by atoms with E-state index in [0.717, 1.165) is 13.0 Å². The Hall–Kier alpha value is -1.83. The van der Waals surface area contributed by atoms with Crippen molar-refractivity contribution in [2.24, 2.45) is 5.73 Å². The number of hydrogen-bond donors (Lipinski definition) is 3. The molecule has 1 rings (SSSR count). The van der Waals surface area contributed by atoms with E-state index in [4.69, 9.17) is 11.5 Å². The minimum Gasteiger partial charge on any atom is -0.382 e. The van der Waals surface area contributed by atoms with Crippen molar-refractivity contribution in [2.75, 3.05) is 30.8 Å². The molecule has 0 fully saturated rings. The summed E-state index contributed by atoms with van der Waals surface area (Å²) in [5, 5.41) is 3.30. The summed E-state index contributed by atoms with van der Waals surface area (Å²) in [5.41, 5.74) is 10.7. The molecule has 5 N–H and O–H groups in total. The van der Waals surface area contributed by atoms with Crippen molar-refractivity contribution >= 4 is 34.1 Å². The van der Waals surface area contributed by atoms with Crippen molar-refractivity contribution in [2.45, 2.75) is 19.8 Å². The summed E-state index contributed by atoms with van der Waals surface area (Å²) in [6.45, 7) is 3.10. The molecule has 1 heterocycles. The van der Waals surface area contributed by atoms with Gasteiger partial charge in [-0.05, 0) is 6.42 Å². The molecule has 0 radical (unpaired) electrons. The number of rotatable bonds is 7. The molecule has 0 aliphatic carbocycles. The highest BCUT2D eigenvalue weighted by Crippen LogP contribution is 2.27. The molecule has 7 nitrogen and oxygen atoms in total. The summed E-state index contributed by atoms with van der Waals surface area (Å²) < 4.78 is 0. The van der Waals surface area contributed by atoms with Crippen molar-refractivity contribution in [3.05, 3.63) is 4.88 Å². The van der Waals surface area contributed by atoms with Crippen LogP contribution in [0.1, 0.15) is 29.4 Å². The molecule has 19 heavy (non-hydrogen) atoms. The summed E-state index contributed by atoms with van der Waals surface area (Å²) in [4.78, 5) is 28.9. The number of anilines is 2. The van der Waals surface area contributed by atoms with E-state index < -0.39 is 5.91 Å². The quantitative estimate of drug-likeness (QED) is 0.661. The molecule has 0 aliphatic rings. The largest absolute Gasteiger partial charge is 0.382 e. The Morgan fingerprint density at radius 2 is 2.16 bits per heavy atom. The van der Waals surface area contributed by atoms with Crippen molar-refractivity contribution < 1.29 is 9.59 Å². The van der Waals surface area contributed by atoms with Gasteiger partial charge >= 0.3 is 0 Å². The Kier molecular flexibility index (Phi) is 5.56. The zero-order chi connectivity index (χ0) is 14.4. The second-order valence-corrected chi connectivity index (χ2v) is 5.08. The van der Waals surface area contributed by atoms with Gasteiger partial charge < -0.3 is 21.7 Å². The van der Waals surface area contributed by atoms with Gasteiger partial charge in [-0.3, -0.25) is 9.59 Å². The lowest BCUT2D eigenvalue weighted by molar-refractivity contribution is -0.117. The molecule has 1 aromatic heterocycles. The van der Waals surface area contributed by atoms with Gasteiger partial charge in [0.2, 0.25) is 5.91 Å². The monoisotopic (exact) mass is 285 g/mol. The maximum atomic E-state index is 11.8. The molecular formula is C11H19N5O2S. The van der Waals surface area contributed by atoms with Gasteiger partial charge in [0.25, 0.3) is 5.91 Å². The molecule has 0 saturated heterocycles. The lowest BCUT2D eigenvalue weighted by Crippen LogP contribution is -2.27. The first-order valence-corrected chi connectivity index (χ1v) is 6.81. The van der Waals surface area contributed by atoms with Gasteiger partial charge in [0.05, 0.1) is 0 Å². The Morgan fingerprint density at radius 1 is 1.47 bits per heavy atom. The molecule has 0 aliphatic heterocycles. The molecule has 0 bridgehead atoms. The number of thiazole rings is 1. The number of amides is 2. The number of nitrogens with zero attached hydrogens (tertiary/aromatic N) is 2. The molecule has 0 atom stereocenters. The predicted octanol–water partition coefficient (Wildman–Crippen LogP) is 0.177. The van der Waals surface area contributed by atoms with Gasteiger partial charge in [0.1, 0.15) is 10.7 Å². The third-order valence-electron chi connectivity index (χ3n) is 2.39. The third-order valence-corrected chi connectivity index (χ3v) is 3.58. The minimum absolute atomic E-state index is 0.104. The molecule has 106 valence electrons. The zero-order valence-electron chi connectivity index (χ0n) is 11.1. The van der Waals surface area contributed by atoms with Gasteiger partial charge in [-0.1, -0.05) is 18.3 Å². The average molecular weight is 285 g/mol. The Morgan fingerprint density at radius 3 is 2.74 bits per heavy atom. The Labute approximate surface area is 116 Å². The van der Waals surface area contributed by atoms with E-state index >= 15 is 0 Å². The molecule has 0 saturated carbocycles. The Balaban J connectivity index is 2.67. The fraction of sp³-hybridized carbons (Fsp3) is 0.545. The lowest BCUT2D eigenvalue weighted by Gasteiger charge is -2.13. The SMILES string of the molecule is CCCN(C)c1nc(N)c(C(=O)NCCC(N)=O)s1. The van der Waals surface area contributed by atoms with Crippen molar-refractivity contribution in [1.82, 2.24) is 10.3 Å². The average Bonchev–Trinajstić information content (AvgIpc) is 2.71. The molecule has 8 heteroatoms. The van der Waals surface area contributed by atoms with E-state index in [9.17, 15) is 9.59 Å². The fourth-order valence-corrected chi connectivity index (χ4v) is 2.35. The zero-order valence-corrected chi connectivity index (χ0v) is 11.9. The molecule has 0 unspecified atom stereocenters. The molecule has 2 amide bonds. The number of carbonyl (C=O) groups is 2. The van der Waals surface area contributed by atoms with Gasteiger partial charge in [-0.2, -0.15) is 0 Å². The van der Waals surface area contributed by atoms with Crippen molar-refractivity contribution in [3.63, 3.8) is 0 Å². The summed E-state index contributed by atoms with van der Waals surface area (Å²) in [6.07, 6.45) is 1.09. The van der Waals surface area contributed by atoms with Crippen LogP contribution in [0.25, 0.3) is 0 Å². The second-order valence-electron chi connectivity index (χ2n) is 4.10. The summed E-state index contributed by atoms with van der Waals surface area (Å²) in [6, 6.07) is 0. The van der Waals surface area contributed by atoms with Gasteiger partial charge in [0.15, 0.2) is 5.13 Å². The van der Waals surface area contributed by atoms with Crippen LogP contribution in [-0.2, 0) is 4.79 Å². The topological polar surface area (TPSA) is 114 Å². The van der Waals surface area contributed by atoms with E-state index in [1.807, 2.05) is 11.9 Å². The van der Waals surface area contributed by atoms with E-state index in [2.05, 4.69) is 17.2 Å². The number of primary amides is 1. The summed E-state index contributed by atoms with van der Waals surface area (Å²) in [7, 11) is 1.90. The number of nitrogens with two attached hydrogens (primary N) is 2. The molecule has 1 aromatic rings. The Bertz CT molecular complexity index is 460. The smallest absolute Gasteiger partial charge is 0.265 e. The number of hydrogen-bond acceptors (Lipinski definition) is 6. The highest BCUT2D eigenvalue weighted by molar-refractivity contribution is 7.18. The van der Waals surface area contributed by atoms with Gasteiger partial charge in [-0.25, -0.2) is 4.98 Å². The van der Waals surface area contributed by atoms with Crippen LogP contribution < -0.4 is 21.7 Å². The van der Waals surface area contributed by atoms with E-state index in [1.165, 1.54) is 11.3 Å². The molecule has 0 spiro atoms. The van der Waals surface area contributed by atoms with Crippen LogP contribution in [0.4, 0.5) is 10.9 Å². The fourth-order valence-electron chi connectivity index (χ4n) is 1.46. The van der Waals surface area contributed by atoms with Crippen LogP contribution in [0, 0.1) is 0 Å². The molecule has 0 aromatic carbocycles. The number of nitrogen functional groups attached to an aromatic ring is 1. The van der Waals surface area contributed by atoms with E-state index in [0.29, 0.717) is 10.0 Å². The normalized spacial score (nSPS) is 10.2. The summed E-state index contributed by atoms with van der Waals surface area (Å²) in [5.74, 6) is -0.576. The molecular weight excluding hydrogens is 266 g/mol. The number of carbonyl (C=O) groups excluding carboxylic acids is 2. The number of aromatic nitrogens is 1. The highest BCUT2D eigenvalue weighted by atomic mass is 32.1. The maximum Gasteiger partial charge on any atom is 0.265 e. The van der Waals surface area contributed by atoms with Gasteiger partial charge in [-0.15, -0.1) is 0 Å². The first-order valence-electron chi connectivity index (χ1n) is 5.99. The standard InChI is InChI=1S/C11H19N5O2S/c1-3-6-16(2)11-15-9(13)8(19-11)10(18)14-5-4-7(12)17/h3-6,13H2,1-2H3,(H2,12,17)(H,14,18). The van der Waals surface area contributed by atoms with Crippen LogP contribution in [0.3, 0.4) is 0 Å². The van der Waals surface area contributed by atoms with Crippen LogP contribution in [0.15, 0.2) is 0 Å². The first kappa shape index (κ1) is 15.2. The van der Waals surface area contributed by atoms with Crippen LogP contribution in [0.5, 0.6) is 0 Å². The third kappa shape index (κ3) is 4.40. The van der Waals surface area contributed by atoms with Crippen molar-refractivity contribution in [3.8, 4) is 0 Å². The number of nitrogens with one attached hydrogen (secondary N) is 1.